The molecule has 1 N–H and O–H groups in total. The summed E-state index contributed by atoms with van der Waals surface area (Å²) in [5, 5.41) is 8.48. The molecule has 4 aromatic rings. The van der Waals surface area contributed by atoms with Crippen molar-refractivity contribution in [3.8, 4) is 11.3 Å². The number of nitrogens with one attached hydrogen (secondary N) is 1. The zero-order valence-corrected chi connectivity index (χ0v) is 17.7. The van der Waals surface area contributed by atoms with Crippen LogP contribution in [0.2, 0.25) is 0 Å². The Labute approximate surface area is 175 Å². The van der Waals surface area contributed by atoms with Crippen LogP contribution in [0.1, 0.15) is 32.0 Å². The largest absolute Gasteiger partial charge is 0.462 e. The number of rotatable bonds is 5. The monoisotopic (exact) mass is 426 g/mol. The fourth-order valence-electron chi connectivity index (χ4n) is 2.98. The number of amides is 1. The average Bonchev–Trinajstić information content (AvgIpc) is 3.39. The van der Waals surface area contributed by atoms with Gasteiger partial charge in [0.2, 0.25) is 0 Å². The Balaban J connectivity index is 1.66. The van der Waals surface area contributed by atoms with Gasteiger partial charge in [-0.25, -0.2) is 9.78 Å². The van der Waals surface area contributed by atoms with Crippen LogP contribution in [0.25, 0.3) is 21.5 Å². The molecule has 0 saturated carbocycles. The number of nitrogens with zero attached hydrogens (tertiary/aromatic N) is 3. The lowest BCUT2D eigenvalue weighted by atomic mass is 10.1. The number of ether oxygens (including phenoxy) is 1. The number of fused-ring (bicyclic) bond motifs is 1. The summed E-state index contributed by atoms with van der Waals surface area (Å²) >= 11 is 2.48. The number of thiophene rings is 1. The van der Waals surface area contributed by atoms with E-state index in [0.29, 0.717) is 20.6 Å². The first-order valence-corrected chi connectivity index (χ1v) is 10.6. The van der Waals surface area contributed by atoms with Crippen LogP contribution < -0.4 is 5.32 Å². The highest BCUT2D eigenvalue weighted by Gasteiger charge is 2.22. The molecular weight excluding hydrogens is 408 g/mol. The van der Waals surface area contributed by atoms with Crippen LogP contribution >= 0.6 is 22.7 Å². The lowest BCUT2D eigenvalue weighted by molar-refractivity contribution is 0.0532. The molecule has 4 rings (SSSR count). The second kappa shape index (κ2) is 7.76. The van der Waals surface area contributed by atoms with E-state index in [1.165, 1.54) is 11.3 Å². The minimum Gasteiger partial charge on any atom is -0.462 e. The average molecular weight is 427 g/mol. The molecule has 0 fully saturated rings. The van der Waals surface area contributed by atoms with Crippen molar-refractivity contribution < 1.29 is 14.3 Å². The van der Waals surface area contributed by atoms with E-state index in [1.807, 2.05) is 50.4 Å². The number of aryl methyl sites for hydroxylation is 2. The van der Waals surface area contributed by atoms with E-state index in [2.05, 4.69) is 15.4 Å². The van der Waals surface area contributed by atoms with Gasteiger partial charge >= 0.3 is 5.97 Å². The summed E-state index contributed by atoms with van der Waals surface area (Å²) < 4.78 is 6.93. The molecule has 29 heavy (non-hydrogen) atoms. The first kappa shape index (κ1) is 19.3. The van der Waals surface area contributed by atoms with Gasteiger partial charge in [-0.2, -0.15) is 5.10 Å². The van der Waals surface area contributed by atoms with E-state index in [0.717, 1.165) is 32.8 Å². The number of esters is 1. The number of hydrogen-bond donors (Lipinski definition) is 1. The van der Waals surface area contributed by atoms with E-state index < -0.39 is 5.97 Å². The van der Waals surface area contributed by atoms with Crippen molar-refractivity contribution in [2.45, 2.75) is 13.8 Å². The molecule has 0 unspecified atom stereocenters. The Kier molecular flexibility index (Phi) is 5.16. The third-order valence-electron chi connectivity index (χ3n) is 4.28. The zero-order chi connectivity index (χ0) is 20.5. The van der Waals surface area contributed by atoms with Crippen molar-refractivity contribution in [3.63, 3.8) is 0 Å². The third-order valence-corrected chi connectivity index (χ3v) is 6.43. The number of carbonyl (C=O) groups is 2. The Hall–Kier alpha value is -3.04. The normalized spacial score (nSPS) is 11.0. The number of anilines is 1. The van der Waals surface area contributed by atoms with Crippen molar-refractivity contribution in [2.75, 3.05) is 11.9 Å². The van der Waals surface area contributed by atoms with Gasteiger partial charge in [-0.15, -0.1) is 11.3 Å². The summed E-state index contributed by atoms with van der Waals surface area (Å²) in [4.78, 5) is 31.5. The molecule has 0 saturated heterocycles. The van der Waals surface area contributed by atoms with Crippen LogP contribution in [0.15, 0.2) is 36.4 Å². The van der Waals surface area contributed by atoms with Crippen LogP contribution in [0.5, 0.6) is 0 Å². The summed E-state index contributed by atoms with van der Waals surface area (Å²) in [7, 11) is 1.85. The summed E-state index contributed by atoms with van der Waals surface area (Å²) in [6.07, 6.45) is 0. The van der Waals surface area contributed by atoms with Gasteiger partial charge in [0, 0.05) is 18.0 Å². The lowest BCUT2D eigenvalue weighted by Gasteiger charge is -2.01. The highest BCUT2D eigenvalue weighted by molar-refractivity contribution is 7.21. The standard InChI is InChI=1S/C20H18N4O3S2/c1-4-27-19(26)16-15(12-8-6-5-7-9-12)21-20(29-16)22-17(25)14-10-13-11(2)23-24(3)18(13)28-14/h5-10H,4H2,1-3H3,(H,21,22,25). The first-order chi connectivity index (χ1) is 14.0. The third kappa shape index (κ3) is 3.66. The molecule has 0 aliphatic rings. The molecule has 1 amide bonds. The van der Waals surface area contributed by atoms with Gasteiger partial charge in [0.1, 0.15) is 9.71 Å². The van der Waals surface area contributed by atoms with Crippen molar-refractivity contribution in [2.24, 2.45) is 7.05 Å². The fraction of sp³-hybridized carbons (Fsp3) is 0.200. The molecule has 0 bridgehead atoms. The topological polar surface area (TPSA) is 86.1 Å². The van der Waals surface area contributed by atoms with Crippen LogP contribution in [-0.4, -0.2) is 33.2 Å². The molecular formula is C20H18N4O3S2. The molecule has 0 radical (unpaired) electrons. The summed E-state index contributed by atoms with van der Waals surface area (Å²) in [6, 6.07) is 11.2. The number of carbonyl (C=O) groups excluding carboxylic acids is 2. The van der Waals surface area contributed by atoms with E-state index in [-0.39, 0.29) is 12.5 Å². The highest BCUT2D eigenvalue weighted by atomic mass is 32.1. The Morgan fingerprint density at radius 1 is 1.21 bits per heavy atom. The Morgan fingerprint density at radius 2 is 1.97 bits per heavy atom. The summed E-state index contributed by atoms with van der Waals surface area (Å²) in [5.74, 6) is -0.720. The predicted octanol–water partition coefficient (Wildman–Crippen LogP) is 4.50. The Bertz CT molecular complexity index is 1170. The molecule has 0 atom stereocenters. The molecule has 0 aliphatic heterocycles. The van der Waals surface area contributed by atoms with Crippen LogP contribution in [0, 0.1) is 6.92 Å². The number of aromatic nitrogens is 3. The number of thiazole rings is 1. The van der Waals surface area contributed by atoms with E-state index >= 15 is 0 Å². The van der Waals surface area contributed by atoms with Crippen LogP contribution in [0.3, 0.4) is 0 Å². The second-order valence-corrected chi connectivity index (χ2v) is 8.31. The van der Waals surface area contributed by atoms with Gasteiger partial charge in [0.25, 0.3) is 5.91 Å². The number of benzene rings is 1. The zero-order valence-electron chi connectivity index (χ0n) is 16.1. The molecule has 3 aromatic heterocycles. The van der Waals surface area contributed by atoms with Crippen molar-refractivity contribution in [1.82, 2.24) is 14.8 Å². The van der Waals surface area contributed by atoms with Crippen LogP contribution in [0.4, 0.5) is 5.13 Å². The van der Waals surface area contributed by atoms with E-state index in [9.17, 15) is 9.59 Å². The lowest BCUT2D eigenvalue weighted by Crippen LogP contribution is -2.09. The van der Waals surface area contributed by atoms with Gasteiger partial charge in [-0.05, 0) is 19.9 Å². The maximum Gasteiger partial charge on any atom is 0.350 e. The highest BCUT2D eigenvalue weighted by Crippen LogP contribution is 2.33. The summed E-state index contributed by atoms with van der Waals surface area (Å²) in [5.41, 5.74) is 2.17. The van der Waals surface area contributed by atoms with E-state index in [1.54, 1.807) is 11.6 Å². The molecule has 3 heterocycles. The molecule has 148 valence electrons. The van der Waals surface area contributed by atoms with Crippen molar-refractivity contribution >= 4 is 49.9 Å². The van der Waals surface area contributed by atoms with Gasteiger partial charge in [-0.1, -0.05) is 41.7 Å². The van der Waals surface area contributed by atoms with Gasteiger partial charge in [0.05, 0.1) is 22.9 Å². The molecule has 0 aliphatic carbocycles. The Morgan fingerprint density at radius 3 is 2.66 bits per heavy atom. The minimum absolute atomic E-state index is 0.266. The minimum atomic E-state index is -0.451. The predicted molar refractivity (Wildman–Crippen MR) is 115 cm³/mol. The fourth-order valence-corrected chi connectivity index (χ4v) is 4.87. The SMILES string of the molecule is CCOC(=O)c1sc(NC(=O)c2cc3c(C)nn(C)c3s2)nc1-c1ccccc1. The van der Waals surface area contributed by atoms with Gasteiger partial charge in [-0.3, -0.25) is 14.8 Å². The van der Waals surface area contributed by atoms with Crippen molar-refractivity contribution in [1.29, 1.82) is 0 Å². The molecule has 1 aromatic carbocycles. The van der Waals surface area contributed by atoms with Gasteiger partial charge in [0.15, 0.2) is 5.13 Å². The molecule has 0 spiro atoms. The molecule has 7 nitrogen and oxygen atoms in total. The van der Waals surface area contributed by atoms with Crippen molar-refractivity contribution in [3.05, 3.63) is 51.8 Å². The van der Waals surface area contributed by atoms with Gasteiger partial charge < -0.3 is 4.74 Å². The molecule has 9 heteroatoms. The second-order valence-electron chi connectivity index (χ2n) is 6.28. The smallest absolute Gasteiger partial charge is 0.350 e. The maximum absolute atomic E-state index is 12.8. The number of hydrogen-bond acceptors (Lipinski definition) is 7. The van der Waals surface area contributed by atoms with Crippen LogP contribution in [-0.2, 0) is 11.8 Å². The summed E-state index contributed by atoms with van der Waals surface area (Å²) in [6.45, 7) is 3.93. The maximum atomic E-state index is 12.8. The quantitative estimate of drug-likeness (QED) is 0.475. The first-order valence-electron chi connectivity index (χ1n) is 8.95. The van der Waals surface area contributed by atoms with E-state index in [4.69, 9.17) is 4.74 Å².